The number of benzene rings is 2. The van der Waals surface area contributed by atoms with Gasteiger partial charge in [0.25, 0.3) is 0 Å². The van der Waals surface area contributed by atoms with Gasteiger partial charge in [0.1, 0.15) is 4.90 Å². The second kappa shape index (κ2) is 5.95. The number of hydrogen-bond donors (Lipinski definition) is 1. The minimum Gasteiger partial charge on any atom is -0.207 e. The highest BCUT2D eigenvalue weighted by Crippen LogP contribution is 2.22. The molecule has 2 rings (SSSR count). The fourth-order valence-electron chi connectivity index (χ4n) is 1.88. The Balaban J connectivity index is 2.22. The van der Waals surface area contributed by atoms with Crippen LogP contribution in [0.1, 0.15) is 16.7 Å². The molecule has 5 heteroatoms. The van der Waals surface area contributed by atoms with Crippen molar-refractivity contribution in [2.24, 2.45) is 0 Å². The van der Waals surface area contributed by atoms with Gasteiger partial charge in [-0.05, 0) is 42.7 Å². The van der Waals surface area contributed by atoms with Gasteiger partial charge in [0.05, 0.1) is 5.02 Å². The van der Waals surface area contributed by atoms with E-state index in [-0.39, 0.29) is 16.5 Å². The van der Waals surface area contributed by atoms with E-state index < -0.39 is 10.0 Å². The van der Waals surface area contributed by atoms with Gasteiger partial charge < -0.3 is 0 Å². The second-order valence-corrected chi connectivity index (χ2v) is 6.83. The second-order valence-electron chi connectivity index (χ2n) is 4.68. The van der Waals surface area contributed by atoms with Crippen molar-refractivity contribution in [1.29, 1.82) is 0 Å². The molecule has 106 valence electrons. The molecule has 0 unspecified atom stereocenters. The maximum absolute atomic E-state index is 12.3. The number of aryl methyl sites for hydroxylation is 2. The van der Waals surface area contributed by atoms with E-state index in [2.05, 4.69) is 4.72 Å². The van der Waals surface area contributed by atoms with E-state index >= 15 is 0 Å². The van der Waals surface area contributed by atoms with Crippen LogP contribution in [-0.2, 0) is 16.6 Å². The average molecular weight is 310 g/mol. The smallest absolute Gasteiger partial charge is 0.207 e. The first-order valence-electron chi connectivity index (χ1n) is 6.20. The van der Waals surface area contributed by atoms with E-state index in [1.807, 2.05) is 38.1 Å². The van der Waals surface area contributed by atoms with E-state index in [9.17, 15) is 8.42 Å². The molecule has 0 saturated carbocycles. The number of rotatable bonds is 4. The summed E-state index contributed by atoms with van der Waals surface area (Å²) in [5, 5.41) is 0.238. The van der Waals surface area contributed by atoms with Gasteiger partial charge >= 0.3 is 0 Å². The van der Waals surface area contributed by atoms with Crippen molar-refractivity contribution in [3.05, 3.63) is 64.2 Å². The molecule has 1 N–H and O–H groups in total. The SMILES string of the molecule is Cc1ccc(S(=O)(=O)NCc2ccccc2C)c(Cl)c1. The molecule has 0 fully saturated rings. The highest BCUT2D eigenvalue weighted by Gasteiger charge is 2.17. The number of sulfonamides is 1. The zero-order chi connectivity index (χ0) is 14.8. The largest absolute Gasteiger partial charge is 0.242 e. The summed E-state index contributed by atoms with van der Waals surface area (Å²) in [5.41, 5.74) is 2.91. The van der Waals surface area contributed by atoms with Crippen LogP contribution in [0.3, 0.4) is 0 Å². The molecular formula is C15H16ClNO2S. The van der Waals surface area contributed by atoms with Gasteiger partial charge in [-0.25, -0.2) is 13.1 Å². The van der Waals surface area contributed by atoms with Crippen molar-refractivity contribution in [2.45, 2.75) is 25.3 Å². The molecule has 2 aromatic rings. The third-order valence-corrected chi connectivity index (χ3v) is 4.97. The zero-order valence-corrected chi connectivity index (χ0v) is 12.9. The molecule has 0 spiro atoms. The summed E-state index contributed by atoms with van der Waals surface area (Å²) < 4.78 is 27.1. The highest BCUT2D eigenvalue weighted by molar-refractivity contribution is 7.89. The fraction of sp³-hybridized carbons (Fsp3) is 0.200. The summed E-state index contributed by atoms with van der Waals surface area (Å²) in [4.78, 5) is 0.110. The van der Waals surface area contributed by atoms with Gasteiger partial charge in [-0.15, -0.1) is 0 Å². The van der Waals surface area contributed by atoms with E-state index in [0.717, 1.165) is 16.7 Å². The summed E-state index contributed by atoms with van der Waals surface area (Å²) in [6, 6.07) is 12.5. The number of halogens is 1. The third kappa shape index (κ3) is 3.39. The maximum Gasteiger partial charge on any atom is 0.242 e. The highest BCUT2D eigenvalue weighted by atomic mass is 35.5. The van der Waals surface area contributed by atoms with Gasteiger partial charge in [0.2, 0.25) is 10.0 Å². The van der Waals surface area contributed by atoms with Crippen molar-refractivity contribution in [3.8, 4) is 0 Å². The van der Waals surface area contributed by atoms with Gasteiger partial charge in [0.15, 0.2) is 0 Å². The standard InChI is InChI=1S/C15H16ClNO2S/c1-11-7-8-15(14(16)9-11)20(18,19)17-10-13-6-4-3-5-12(13)2/h3-9,17H,10H2,1-2H3. The quantitative estimate of drug-likeness (QED) is 0.940. The fourth-order valence-corrected chi connectivity index (χ4v) is 3.49. The Kier molecular flexibility index (Phi) is 4.48. The summed E-state index contributed by atoms with van der Waals surface area (Å²) >= 11 is 6.01. The summed E-state index contributed by atoms with van der Waals surface area (Å²) in [6.07, 6.45) is 0. The van der Waals surface area contributed by atoms with Gasteiger partial charge in [-0.2, -0.15) is 0 Å². The molecule has 0 aliphatic heterocycles. The predicted molar refractivity (Wildman–Crippen MR) is 81.4 cm³/mol. The molecule has 0 aromatic heterocycles. The minimum absolute atomic E-state index is 0.110. The molecule has 0 amide bonds. The van der Waals surface area contributed by atoms with Crippen molar-refractivity contribution in [1.82, 2.24) is 4.72 Å². The lowest BCUT2D eigenvalue weighted by atomic mass is 10.1. The summed E-state index contributed by atoms with van der Waals surface area (Å²) in [5.74, 6) is 0. The van der Waals surface area contributed by atoms with E-state index in [1.165, 1.54) is 6.07 Å². The molecule has 0 aliphatic rings. The predicted octanol–water partition coefficient (Wildman–Crippen LogP) is 3.44. The Morgan fingerprint density at radius 2 is 1.80 bits per heavy atom. The molecule has 2 aromatic carbocycles. The molecule has 0 heterocycles. The molecule has 20 heavy (non-hydrogen) atoms. The van der Waals surface area contributed by atoms with Crippen LogP contribution in [0, 0.1) is 13.8 Å². The Morgan fingerprint density at radius 1 is 1.10 bits per heavy atom. The Labute approximate surface area is 124 Å². The number of hydrogen-bond acceptors (Lipinski definition) is 2. The van der Waals surface area contributed by atoms with E-state index in [0.29, 0.717) is 0 Å². The lowest BCUT2D eigenvalue weighted by Crippen LogP contribution is -2.24. The topological polar surface area (TPSA) is 46.2 Å². The van der Waals surface area contributed by atoms with Gasteiger partial charge in [-0.1, -0.05) is 41.9 Å². The Morgan fingerprint density at radius 3 is 2.45 bits per heavy atom. The van der Waals surface area contributed by atoms with Crippen LogP contribution in [0.4, 0.5) is 0 Å². The third-order valence-electron chi connectivity index (χ3n) is 3.09. The lowest BCUT2D eigenvalue weighted by Gasteiger charge is -2.10. The Hall–Kier alpha value is -1.36. The van der Waals surface area contributed by atoms with Crippen LogP contribution in [0.2, 0.25) is 5.02 Å². The van der Waals surface area contributed by atoms with Crippen LogP contribution < -0.4 is 4.72 Å². The summed E-state index contributed by atoms with van der Waals surface area (Å²) in [6.45, 7) is 4.06. The average Bonchev–Trinajstić information content (AvgIpc) is 2.37. The normalized spacial score (nSPS) is 11.6. The molecule has 0 bridgehead atoms. The van der Waals surface area contributed by atoms with Gasteiger partial charge in [-0.3, -0.25) is 0 Å². The minimum atomic E-state index is -3.60. The first-order valence-corrected chi connectivity index (χ1v) is 8.06. The maximum atomic E-state index is 12.3. The molecule has 3 nitrogen and oxygen atoms in total. The van der Waals surface area contributed by atoms with Gasteiger partial charge in [0, 0.05) is 6.54 Å². The van der Waals surface area contributed by atoms with Crippen molar-refractivity contribution in [3.63, 3.8) is 0 Å². The monoisotopic (exact) mass is 309 g/mol. The van der Waals surface area contributed by atoms with Crippen molar-refractivity contribution < 1.29 is 8.42 Å². The van der Waals surface area contributed by atoms with Crippen LogP contribution >= 0.6 is 11.6 Å². The van der Waals surface area contributed by atoms with Crippen molar-refractivity contribution >= 4 is 21.6 Å². The molecule has 0 radical (unpaired) electrons. The first-order chi connectivity index (χ1) is 9.40. The van der Waals surface area contributed by atoms with Crippen LogP contribution in [-0.4, -0.2) is 8.42 Å². The molecule has 0 atom stereocenters. The van der Waals surface area contributed by atoms with Crippen LogP contribution in [0.15, 0.2) is 47.4 Å². The number of nitrogens with one attached hydrogen (secondary N) is 1. The first kappa shape index (κ1) is 15.0. The van der Waals surface area contributed by atoms with Crippen LogP contribution in [0.25, 0.3) is 0 Å². The Bertz CT molecular complexity index is 726. The van der Waals surface area contributed by atoms with Crippen molar-refractivity contribution in [2.75, 3.05) is 0 Å². The molecular weight excluding hydrogens is 294 g/mol. The lowest BCUT2D eigenvalue weighted by molar-refractivity contribution is 0.581. The van der Waals surface area contributed by atoms with Crippen LogP contribution in [0.5, 0.6) is 0 Å². The molecule has 0 aliphatic carbocycles. The summed E-state index contributed by atoms with van der Waals surface area (Å²) in [7, 11) is -3.60. The van der Waals surface area contributed by atoms with E-state index in [1.54, 1.807) is 12.1 Å². The van der Waals surface area contributed by atoms with E-state index in [4.69, 9.17) is 11.6 Å². The molecule has 0 saturated heterocycles. The zero-order valence-electron chi connectivity index (χ0n) is 11.4.